The summed E-state index contributed by atoms with van der Waals surface area (Å²) in [6.45, 7) is 3.28. The van der Waals surface area contributed by atoms with Gasteiger partial charge in [0.25, 0.3) is 0 Å². The van der Waals surface area contributed by atoms with Crippen LogP contribution in [0, 0.1) is 6.92 Å². The summed E-state index contributed by atoms with van der Waals surface area (Å²) in [5, 5.41) is 1.84. The first kappa shape index (κ1) is 25.8. The molecule has 1 aliphatic heterocycles. The Morgan fingerprint density at radius 1 is 1.17 bits per heavy atom. The molecule has 0 aromatic heterocycles. The molecule has 1 aliphatic rings. The number of carbonyl (C=O) groups is 3. The van der Waals surface area contributed by atoms with E-state index >= 15 is 0 Å². The molecule has 0 atom stereocenters. The number of amides is 1. The Morgan fingerprint density at radius 3 is 2.49 bits per heavy atom. The lowest BCUT2D eigenvalue weighted by atomic mass is 9.93. The number of fused-ring (bicyclic) bond motifs is 1. The van der Waals surface area contributed by atoms with Gasteiger partial charge in [-0.3, -0.25) is 9.59 Å². The quantitative estimate of drug-likeness (QED) is 0.316. The highest BCUT2D eigenvalue weighted by atomic mass is 19.4. The Bertz CT molecular complexity index is 1170. The third-order valence-corrected chi connectivity index (χ3v) is 5.53. The van der Waals surface area contributed by atoms with E-state index in [-0.39, 0.29) is 42.0 Å². The zero-order chi connectivity index (χ0) is 25.8. The second kappa shape index (κ2) is 10.6. The van der Waals surface area contributed by atoms with E-state index in [1.165, 1.54) is 7.11 Å². The number of nitrogens with one attached hydrogen (secondary N) is 1. The number of hydrogen-bond acceptors (Lipinski definition) is 6. The number of ether oxygens (including phenoxy) is 3. The maximum absolute atomic E-state index is 13.0. The topological polar surface area (TPSA) is 90.9 Å². The molecular weight excluding hydrogens is 467 g/mol. The molecule has 1 amide bonds. The van der Waals surface area contributed by atoms with Gasteiger partial charge in [-0.25, -0.2) is 4.79 Å². The molecule has 0 radical (unpaired) electrons. The van der Waals surface area contributed by atoms with Crippen LogP contribution in [0.25, 0.3) is 0 Å². The van der Waals surface area contributed by atoms with E-state index < -0.39 is 24.0 Å². The second-order valence-corrected chi connectivity index (χ2v) is 7.94. The van der Waals surface area contributed by atoms with Gasteiger partial charge in [0.15, 0.2) is 0 Å². The molecule has 0 spiro atoms. The monoisotopic (exact) mass is 491 g/mol. The smallest absolute Gasteiger partial charge is 0.471 e. The summed E-state index contributed by atoms with van der Waals surface area (Å²) in [5.41, 5.74) is 1.44. The maximum atomic E-state index is 13.0. The standard InChI is InChI=1S/C25H24F3NO6/c1-14(10-12-19(30)35-16-7-5-4-6-8-16)9-11-17-21(29-24(32)25(26,27)28)20-18(13-34-23(20)31)15(2)22(17)33-3/h4-9H,10-13H2,1-3H3,(H,29,32). The fraction of sp³-hybridized carbons (Fsp3) is 0.320. The molecule has 2 aromatic carbocycles. The minimum Gasteiger partial charge on any atom is -0.496 e. The Balaban J connectivity index is 1.85. The Hall–Kier alpha value is -3.82. The molecule has 3 rings (SSSR count). The summed E-state index contributed by atoms with van der Waals surface area (Å²) >= 11 is 0. The number of alkyl halides is 3. The van der Waals surface area contributed by atoms with Gasteiger partial charge in [0.1, 0.15) is 18.1 Å². The molecule has 1 N–H and O–H groups in total. The van der Waals surface area contributed by atoms with E-state index in [1.807, 2.05) is 5.32 Å². The van der Waals surface area contributed by atoms with Crippen molar-refractivity contribution in [2.24, 2.45) is 0 Å². The van der Waals surface area contributed by atoms with E-state index in [0.29, 0.717) is 23.3 Å². The fourth-order valence-corrected chi connectivity index (χ4v) is 3.72. The van der Waals surface area contributed by atoms with Crippen LogP contribution in [-0.2, 0) is 27.4 Å². The predicted octanol–water partition coefficient (Wildman–Crippen LogP) is 5.05. The summed E-state index contributed by atoms with van der Waals surface area (Å²) in [5.74, 6) is -2.80. The minimum absolute atomic E-state index is 0.0393. The lowest BCUT2D eigenvalue weighted by molar-refractivity contribution is -0.167. The van der Waals surface area contributed by atoms with Crippen molar-refractivity contribution in [1.29, 1.82) is 0 Å². The summed E-state index contributed by atoms with van der Waals surface area (Å²) in [6.07, 6.45) is -3.00. The number of rotatable bonds is 8. The number of benzene rings is 2. The van der Waals surface area contributed by atoms with Crippen LogP contribution in [0.3, 0.4) is 0 Å². The third kappa shape index (κ3) is 6.00. The molecule has 0 saturated heterocycles. The van der Waals surface area contributed by atoms with Gasteiger partial charge in [-0.2, -0.15) is 13.2 Å². The van der Waals surface area contributed by atoms with Crippen molar-refractivity contribution in [1.82, 2.24) is 0 Å². The summed E-state index contributed by atoms with van der Waals surface area (Å²) in [6, 6.07) is 8.59. The molecule has 0 unspecified atom stereocenters. The van der Waals surface area contributed by atoms with Gasteiger partial charge in [0, 0.05) is 17.5 Å². The van der Waals surface area contributed by atoms with Crippen molar-refractivity contribution < 1.29 is 41.8 Å². The van der Waals surface area contributed by atoms with Crippen LogP contribution in [0.15, 0.2) is 42.0 Å². The number of anilines is 1. The summed E-state index contributed by atoms with van der Waals surface area (Å²) in [4.78, 5) is 36.2. The molecule has 0 aliphatic carbocycles. The van der Waals surface area contributed by atoms with Crippen molar-refractivity contribution in [3.63, 3.8) is 0 Å². The Morgan fingerprint density at radius 2 is 1.86 bits per heavy atom. The van der Waals surface area contributed by atoms with Crippen LogP contribution >= 0.6 is 0 Å². The van der Waals surface area contributed by atoms with E-state index in [1.54, 1.807) is 50.3 Å². The van der Waals surface area contributed by atoms with E-state index in [0.717, 1.165) is 5.57 Å². The molecule has 10 heteroatoms. The van der Waals surface area contributed by atoms with Crippen molar-refractivity contribution >= 4 is 23.5 Å². The number of para-hydroxylation sites is 1. The highest BCUT2D eigenvalue weighted by molar-refractivity contribution is 6.07. The number of methoxy groups -OCH3 is 1. The van der Waals surface area contributed by atoms with Gasteiger partial charge in [-0.15, -0.1) is 0 Å². The molecule has 0 fully saturated rings. The first-order valence-corrected chi connectivity index (χ1v) is 10.7. The lowest BCUT2D eigenvalue weighted by Gasteiger charge is -2.20. The molecule has 186 valence electrons. The second-order valence-electron chi connectivity index (χ2n) is 7.94. The normalized spacial score (nSPS) is 13.2. The zero-order valence-corrected chi connectivity index (χ0v) is 19.4. The third-order valence-electron chi connectivity index (χ3n) is 5.53. The molecule has 2 aromatic rings. The highest BCUT2D eigenvalue weighted by Crippen LogP contribution is 2.42. The van der Waals surface area contributed by atoms with Crippen molar-refractivity contribution in [2.75, 3.05) is 12.4 Å². The van der Waals surface area contributed by atoms with Crippen LogP contribution in [0.5, 0.6) is 11.5 Å². The molecule has 7 nitrogen and oxygen atoms in total. The molecular formula is C25H24F3NO6. The van der Waals surface area contributed by atoms with E-state index in [2.05, 4.69) is 0 Å². The number of cyclic esters (lactones) is 1. The number of halogens is 3. The predicted molar refractivity (Wildman–Crippen MR) is 120 cm³/mol. The van der Waals surface area contributed by atoms with Gasteiger partial charge in [0.2, 0.25) is 0 Å². The van der Waals surface area contributed by atoms with Gasteiger partial charge < -0.3 is 19.5 Å². The van der Waals surface area contributed by atoms with Crippen LogP contribution in [-0.4, -0.2) is 31.1 Å². The Kier molecular flexibility index (Phi) is 7.83. The fourth-order valence-electron chi connectivity index (χ4n) is 3.72. The van der Waals surface area contributed by atoms with Crippen molar-refractivity contribution in [3.05, 3.63) is 64.2 Å². The minimum atomic E-state index is -5.16. The van der Waals surface area contributed by atoms with E-state index in [4.69, 9.17) is 14.2 Å². The van der Waals surface area contributed by atoms with Gasteiger partial charge in [-0.05, 0) is 44.4 Å². The van der Waals surface area contributed by atoms with E-state index in [9.17, 15) is 27.6 Å². The zero-order valence-electron chi connectivity index (χ0n) is 19.4. The summed E-state index contributed by atoms with van der Waals surface area (Å²) in [7, 11) is 1.35. The first-order chi connectivity index (χ1) is 16.5. The van der Waals surface area contributed by atoms with Crippen LogP contribution < -0.4 is 14.8 Å². The van der Waals surface area contributed by atoms with Gasteiger partial charge >= 0.3 is 24.0 Å². The number of esters is 2. The summed E-state index contributed by atoms with van der Waals surface area (Å²) < 4.78 is 54.7. The van der Waals surface area contributed by atoms with Gasteiger partial charge in [0.05, 0.1) is 18.4 Å². The number of allylic oxidation sites excluding steroid dienone is 2. The van der Waals surface area contributed by atoms with Crippen LogP contribution in [0.2, 0.25) is 0 Å². The van der Waals surface area contributed by atoms with Crippen molar-refractivity contribution in [2.45, 2.75) is 45.9 Å². The number of hydrogen-bond donors (Lipinski definition) is 1. The van der Waals surface area contributed by atoms with Crippen molar-refractivity contribution in [3.8, 4) is 11.5 Å². The number of carbonyl (C=O) groups excluding carboxylic acids is 3. The Labute approximate surface area is 199 Å². The molecule has 0 saturated carbocycles. The largest absolute Gasteiger partial charge is 0.496 e. The average Bonchev–Trinajstić information content (AvgIpc) is 3.20. The highest BCUT2D eigenvalue weighted by Gasteiger charge is 2.41. The maximum Gasteiger partial charge on any atom is 0.471 e. The average molecular weight is 491 g/mol. The first-order valence-electron chi connectivity index (χ1n) is 10.7. The van der Waals surface area contributed by atoms with Gasteiger partial charge in [-0.1, -0.05) is 29.8 Å². The molecule has 0 bridgehead atoms. The SMILES string of the molecule is COc1c(C)c2c(c(NC(=O)C(F)(F)F)c1CC=C(C)CCC(=O)Oc1ccccc1)C(=O)OC2. The molecule has 35 heavy (non-hydrogen) atoms. The van der Waals surface area contributed by atoms with Crippen LogP contribution in [0.1, 0.15) is 46.8 Å². The lowest BCUT2D eigenvalue weighted by Crippen LogP contribution is -2.31. The molecule has 1 heterocycles. The van der Waals surface area contributed by atoms with Crippen LogP contribution in [0.4, 0.5) is 18.9 Å².